The SMILES string of the molecule is O=c1n(Cc2ccc(Cl)cc2)nc2c(Cl)cccn12. The van der Waals surface area contributed by atoms with Crippen LogP contribution in [0.5, 0.6) is 0 Å². The maximum atomic E-state index is 12.1. The van der Waals surface area contributed by atoms with Gasteiger partial charge in [0.15, 0.2) is 5.65 Å². The summed E-state index contributed by atoms with van der Waals surface area (Å²) in [6, 6.07) is 10.7. The fourth-order valence-corrected chi connectivity index (χ4v) is 2.20. The standard InChI is InChI=1S/C13H9Cl2N3O/c14-10-5-3-9(4-6-10)8-18-13(19)17-7-1-2-11(15)12(17)16-18/h1-7H,8H2. The molecule has 0 saturated carbocycles. The lowest BCUT2D eigenvalue weighted by atomic mass is 10.2. The second kappa shape index (κ2) is 4.72. The Morgan fingerprint density at radius 2 is 1.84 bits per heavy atom. The van der Waals surface area contributed by atoms with Gasteiger partial charge in [-0.2, -0.15) is 0 Å². The zero-order chi connectivity index (χ0) is 13.4. The number of aromatic nitrogens is 3. The van der Waals surface area contributed by atoms with Crippen LogP contribution in [0.3, 0.4) is 0 Å². The normalized spacial score (nSPS) is 11.1. The summed E-state index contributed by atoms with van der Waals surface area (Å²) in [4.78, 5) is 12.1. The van der Waals surface area contributed by atoms with E-state index in [2.05, 4.69) is 5.10 Å². The molecule has 0 N–H and O–H groups in total. The van der Waals surface area contributed by atoms with Gasteiger partial charge in [-0.15, -0.1) is 5.10 Å². The third-order valence-electron chi connectivity index (χ3n) is 2.81. The fourth-order valence-electron chi connectivity index (χ4n) is 1.87. The van der Waals surface area contributed by atoms with E-state index in [1.807, 2.05) is 12.1 Å². The molecule has 0 aliphatic heterocycles. The molecule has 96 valence electrons. The van der Waals surface area contributed by atoms with Crippen molar-refractivity contribution in [3.63, 3.8) is 0 Å². The van der Waals surface area contributed by atoms with E-state index in [1.165, 1.54) is 9.08 Å². The molecule has 6 heteroatoms. The van der Waals surface area contributed by atoms with Crippen LogP contribution in [0.2, 0.25) is 10.0 Å². The molecule has 19 heavy (non-hydrogen) atoms. The van der Waals surface area contributed by atoms with E-state index in [9.17, 15) is 4.79 Å². The lowest BCUT2D eigenvalue weighted by molar-refractivity contribution is 0.659. The average molecular weight is 294 g/mol. The molecule has 3 rings (SSSR count). The molecule has 0 aliphatic carbocycles. The van der Waals surface area contributed by atoms with E-state index in [4.69, 9.17) is 23.2 Å². The molecule has 0 atom stereocenters. The molecule has 0 amide bonds. The van der Waals surface area contributed by atoms with Crippen LogP contribution in [0.1, 0.15) is 5.56 Å². The van der Waals surface area contributed by atoms with Crippen molar-refractivity contribution < 1.29 is 0 Å². The van der Waals surface area contributed by atoms with E-state index in [0.717, 1.165) is 5.56 Å². The van der Waals surface area contributed by atoms with E-state index in [0.29, 0.717) is 22.2 Å². The zero-order valence-electron chi connectivity index (χ0n) is 9.75. The van der Waals surface area contributed by atoms with E-state index in [1.54, 1.807) is 30.5 Å². The summed E-state index contributed by atoms with van der Waals surface area (Å²) in [7, 11) is 0. The molecule has 3 aromatic rings. The van der Waals surface area contributed by atoms with Crippen LogP contribution in [0, 0.1) is 0 Å². The Labute approximate surface area is 118 Å². The van der Waals surface area contributed by atoms with Crippen LogP contribution in [-0.4, -0.2) is 14.2 Å². The van der Waals surface area contributed by atoms with Crippen LogP contribution in [-0.2, 0) is 6.54 Å². The Morgan fingerprint density at radius 1 is 1.11 bits per heavy atom. The number of pyridine rings is 1. The molecule has 0 radical (unpaired) electrons. The average Bonchev–Trinajstić information content (AvgIpc) is 2.72. The van der Waals surface area contributed by atoms with Crippen molar-refractivity contribution in [2.75, 3.05) is 0 Å². The van der Waals surface area contributed by atoms with Crippen molar-refractivity contribution in [2.24, 2.45) is 0 Å². The minimum Gasteiger partial charge on any atom is -0.249 e. The summed E-state index contributed by atoms with van der Waals surface area (Å²) in [5, 5.41) is 5.35. The molecule has 0 fully saturated rings. The van der Waals surface area contributed by atoms with Gasteiger partial charge in [0.05, 0.1) is 11.6 Å². The highest BCUT2D eigenvalue weighted by atomic mass is 35.5. The summed E-state index contributed by atoms with van der Waals surface area (Å²) in [6.07, 6.45) is 1.65. The van der Waals surface area contributed by atoms with Gasteiger partial charge in [0.1, 0.15) is 0 Å². The van der Waals surface area contributed by atoms with Crippen LogP contribution in [0.4, 0.5) is 0 Å². The number of nitrogens with zero attached hydrogens (tertiary/aromatic N) is 3. The third kappa shape index (κ3) is 2.25. The van der Waals surface area contributed by atoms with Gasteiger partial charge >= 0.3 is 5.69 Å². The van der Waals surface area contributed by atoms with Crippen molar-refractivity contribution in [3.8, 4) is 0 Å². The van der Waals surface area contributed by atoms with Crippen molar-refractivity contribution >= 4 is 28.8 Å². The largest absolute Gasteiger partial charge is 0.350 e. The van der Waals surface area contributed by atoms with Crippen molar-refractivity contribution in [1.29, 1.82) is 0 Å². The fraction of sp³-hybridized carbons (Fsp3) is 0.0769. The predicted octanol–water partition coefficient (Wildman–Crippen LogP) is 2.85. The Morgan fingerprint density at radius 3 is 2.53 bits per heavy atom. The van der Waals surface area contributed by atoms with Crippen LogP contribution < -0.4 is 5.69 Å². The summed E-state index contributed by atoms with van der Waals surface area (Å²) < 4.78 is 2.81. The number of rotatable bonds is 2. The van der Waals surface area contributed by atoms with Gasteiger partial charge in [0.25, 0.3) is 0 Å². The minimum atomic E-state index is -0.215. The first-order valence-corrected chi connectivity index (χ1v) is 6.39. The Hall–Kier alpha value is -1.78. The Balaban J connectivity index is 2.06. The van der Waals surface area contributed by atoms with Crippen LogP contribution >= 0.6 is 23.2 Å². The molecule has 4 nitrogen and oxygen atoms in total. The third-order valence-corrected chi connectivity index (χ3v) is 3.35. The first-order valence-electron chi connectivity index (χ1n) is 5.63. The smallest absolute Gasteiger partial charge is 0.249 e. The molecule has 2 heterocycles. The maximum Gasteiger partial charge on any atom is 0.350 e. The molecular formula is C13H9Cl2N3O. The number of benzene rings is 1. The van der Waals surface area contributed by atoms with Gasteiger partial charge in [-0.3, -0.25) is 0 Å². The summed E-state index contributed by atoms with van der Waals surface area (Å²) in [6.45, 7) is 0.383. The van der Waals surface area contributed by atoms with Gasteiger partial charge in [0.2, 0.25) is 0 Å². The number of halogens is 2. The maximum absolute atomic E-state index is 12.1. The molecule has 0 bridgehead atoms. The molecule has 0 spiro atoms. The Kier molecular flexibility index (Phi) is 3.05. The molecule has 1 aromatic carbocycles. The van der Waals surface area contributed by atoms with E-state index >= 15 is 0 Å². The summed E-state index contributed by atoms with van der Waals surface area (Å²) >= 11 is 11.8. The zero-order valence-corrected chi connectivity index (χ0v) is 11.3. The predicted molar refractivity (Wildman–Crippen MR) is 75.0 cm³/mol. The van der Waals surface area contributed by atoms with E-state index in [-0.39, 0.29) is 5.69 Å². The topological polar surface area (TPSA) is 39.3 Å². The number of hydrogen-bond acceptors (Lipinski definition) is 2. The number of hydrogen-bond donors (Lipinski definition) is 0. The van der Waals surface area contributed by atoms with Gasteiger partial charge in [0, 0.05) is 11.2 Å². The van der Waals surface area contributed by atoms with Gasteiger partial charge in [-0.25, -0.2) is 13.9 Å². The van der Waals surface area contributed by atoms with Crippen LogP contribution in [0.15, 0.2) is 47.4 Å². The van der Waals surface area contributed by atoms with Crippen molar-refractivity contribution in [3.05, 3.63) is 68.7 Å². The first-order chi connectivity index (χ1) is 9.15. The van der Waals surface area contributed by atoms with Crippen LogP contribution in [0.25, 0.3) is 5.65 Å². The molecule has 2 aromatic heterocycles. The molecular weight excluding hydrogens is 285 g/mol. The highest BCUT2D eigenvalue weighted by Gasteiger charge is 2.09. The lowest BCUT2D eigenvalue weighted by Crippen LogP contribution is -2.21. The minimum absolute atomic E-state index is 0.215. The summed E-state index contributed by atoms with van der Waals surface area (Å²) in [5.74, 6) is 0. The summed E-state index contributed by atoms with van der Waals surface area (Å²) in [5.41, 5.74) is 1.20. The second-order valence-corrected chi connectivity index (χ2v) is 4.96. The highest BCUT2D eigenvalue weighted by molar-refractivity contribution is 6.33. The second-order valence-electron chi connectivity index (χ2n) is 4.12. The van der Waals surface area contributed by atoms with Crippen molar-refractivity contribution in [2.45, 2.75) is 6.54 Å². The molecule has 0 saturated heterocycles. The lowest BCUT2D eigenvalue weighted by Gasteiger charge is -1.99. The number of fused-ring (bicyclic) bond motifs is 1. The van der Waals surface area contributed by atoms with Crippen molar-refractivity contribution in [1.82, 2.24) is 14.2 Å². The molecule has 0 aliphatic rings. The van der Waals surface area contributed by atoms with Gasteiger partial charge in [-0.05, 0) is 29.8 Å². The Bertz CT molecular complexity index is 790. The monoisotopic (exact) mass is 293 g/mol. The van der Waals surface area contributed by atoms with Gasteiger partial charge < -0.3 is 0 Å². The molecule has 0 unspecified atom stereocenters. The quantitative estimate of drug-likeness (QED) is 0.729. The van der Waals surface area contributed by atoms with E-state index < -0.39 is 0 Å². The first kappa shape index (κ1) is 12.3. The highest BCUT2D eigenvalue weighted by Crippen LogP contribution is 2.13. The van der Waals surface area contributed by atoms with Gasteiger partial charge in [-0.1, -0.05) is 35.3 Å².